The number of rotatable bonds is 9. The molecule has 11 rings (SSSR count). The molecule has 8 aromatic carbocycles. The van der Waals surface area contributed by atoms with E-state index in [2.05, 4.69) is 97.1 Å². The molecule has 0 unspecified atom stereocenters. The zero-order valence-corrected chi connectivity index (χ0v) is 36.2. The van der Waals surface area contributed by atoms with Crippen molar-refractivity contribution in [3.05, 3.63) is 218 Å². The second-order valence-electron chi connectivity index (χ2n) is 16.0. The number of hydrogen-bond donors (Lipinski definition) is 0. The fourth-order valence-electron chi connectivity index (χ4n) is 8.59. The van der Waals surface area contributed by atoms with Gasteiger partial charge in [0.1, 0.15) is 0 Å². The third-order valence-electron chi connectivity index (χ3n) is 11.6. The van der Waals surface area contributed by atoms with Crippen molar-refractivity contribution in [1.82, 2.24) is 39.9 Å². The Bertz CT molecular complexity index is 3480. The highest BCUT2D eigenvalue weighted by atomic mass is 15.0. The van der Waals surface area contributed by atoms with Gasteiger partial charge in [0.15, 0.2) is 40.8 Å². The van der Waals surface area contributed by atoms with Crippen LogP contribution in [0.4, 0.5) is 0 Å². The van der Waals surface area contributed by atoms with Gasteiger partial charge >= 0.3 is 0 Å². The summed E-state index contributed by atoms with van der Waals surface area (Å²) >= 11 is 0. The van der Waals surface area contributed by atoms with Crippen LogP contribution in [0.1, 0.15) is 11.4 Å². The number of aryl methyl sites for hydroxylation is 2. The van der Waals surface area contributed by atoms with E-state index in [4.69, 9.17) is 39.9 Å². The Labute approximate surface area is 382 Å². The molecule has 312 valence electrons. The fraction of sp³-hybridized carbons (Fsp3) is 0.0345. The summed E-state index contributed by atoms with van der Waals surface area (Å²) in [4.78, 5) is 41.2. The van der Waals surface area contributed by atoms with Gasteiger partial charge in [-0.25, -0.2) is 39.9 Å². The highest BCUT2D eigenvalue weighted by Gasteiger charge is 2.24. The van der Waals surface area contributed by atoms with E-state index < -0.39 is 0 Å². The lowest BCUT2D eigenvalue weighted by molar-refractivity contribution is 1.06. The quantitative estimate of drug-likeness (QED) is 0.141. The number of fused-ring (bicyclic) bond motifs is 1. The molecule has 3 aromatic heterocycles. The molecule has 0 fully saturated rings. The molecule has 0 N–H and O–H groups in total. The maximum absolute atomic E-state index is 5.33. The number of aromatic nitrogens is 8. The van der Waals surface area contributed by atoms with Crippen LogP contribution in [0.5, 0.6) is 0 Å². The number of benzene rings is 8. The predicted octanol–water partition coefficient (Wildman–Crippen LogP) is 13.6. The first-order valence-corrected chi connectivity index (χ1v) is 21.9. The van der Waals surface area contributed by atoms with Gasteiger partial charge in [-0.3, -0.25) is 0 Å². The molecule has 3 heterocycles. The van der Waals surface area contributed by atoms with Gasteiger partial charge in [0.05, 0.1) is 0 Å². The van der Waals surface area contributed by atoms with Gasteiger partial charge in [-0.1, -0.05) is 200 Å². The van der Waals surface area contributed by atoms with Gasteiger partial charge < -0.3 is 0 Å². The molecule has 0 bridgehead atoms. The van der Waals surface area contributed by atoms with Crippen molar-refractivity contribution in [1.29, 1.82) is 0 Å². The molecule has 8 nitrogen and oxygen atoms in total. The Kier molecular flexibility index (Phi) is 10.5. The average Bonchev–Trinajstić information content (AvgIpc) is 3.38. The van der Waals surface area contributed by atoms with Crippen molar-refractivity contribution < 1.29 is 0 Å². The largest absolute Gasteiger partial charge is 0.233 e. The van der Waals surface area contributed by atoms with Gasteiger partial charge in [0.25, 0.3) is 0 Å². The maximum atomic E-state index is 5.33. The van der Waals surface area contributed by atoms with Crippen LogP contribution in [0.15, 0.2) is 206 Å². The van der Waals surface area contributed by atoms with Crippen molar-refractivity contribution in [2.75, 3.05) is 0 Å². The van der Waals surface area contributed by atoms with Gasteiger partial charge in [-0.05, 0) is 47.4 Å². The smallest absolute Gasteiger partial charge is 0.164 e. The van der Waals surface area contributed by atoms with Crippen LogP contribution < -0.4 is 0 Å². The highest BCUT2D eigenvalue weighted by molar-refractivity contribution is 6.01. The normalized spacial score (nSPS) is 11.2. The molecule has 0 aliphatic heterocycles. The molecule has 0 saturated carbocycles. The average molecular weight is 849 g/mol. The molecule has 66 heavy (non-hydrogen) atoms. The lowest BCUT2D eigenvalue weighted by atomic mass is 9.86. The molecular weight excluding hydrogens is 809 g/mol. The van der Waals surface area contributed by atoms with E-state index in [0.717, 1.165) is 83.4 Å². The molecule has 0 atom stereocenters. The first kappa shape index (κ1) is 39.9. The van der Waals surface area contributed by atoms with Gasteiger partial charge in [-0.2, -0.15) is 0 Å². The van der Waals surface area contributed by atoms with Crippen molar-refractivity contribution in [3.8, 4) is 102 Å². The molecule has 0 aliphatic rings. The van der Waals surface area contributed by atoms with E-state index in [9.17, 15) is 0 Å². The van der Waals surface area contributed by atoms with E-state index in [1.165, 1.54) is 0 Å². The first-order chi connectivity index (χ1) is 32.5. The molecule has 0 spiro atoms. The summed E-state index contributed by atoms with van der Waals surface area (Å²) in [6.07, 6.45) is 0. The topological polar surface area (TPSA) is 103 Å². The monoisotopic (exact) mass is 848 g/mol. The standard InChI is InChI=1S/C58H40N8/c1-37-36-38(2)60-58(59-37)50-35-19-33-45(44-29-14-16-31-48(44)56-62-52(40-21-6-3-7-22-40)61-53(63-56)41-23-8-4-9-24-41)51(50)46-30-15-17-32-49(46)57-65-54(42-25-10-5-11-26-42)64-55(66-57)47-34-18-27-39-20-12-13-28-43(39)47/h3-36H,1-2H3. The van der Waals surface area contributed by atoms with Crippen LogP contribution in [0.2, 0.25) is 0 Å². The summed E-state index contributed by atoms with van der Waals surface area (Å²) in [7, 11) is 0. The van der Waals surface area contributed by atoms with Gasteiger partial charge in [0, 0.05) is 55.9 Å². The zero-order valence-electron chi connectivity index (χ0n) is 36.2. The van der Waals surface area contributed by atoms with Crippen LogP contribution in [-0.4, -0.2) is 39.9 Å². The zero-order chi connectivity index (χ0) is 44.4. The fourth-order valence-corrected chi connectivity index (χ4v) is 8.59. The summed E-state index contributed by atoms with van der Waals surface area (Å²) < 4.78 is 0. The Balaban J connectivity index is 1.18. The number of nitrogens with zero attached hydrogens (tertiary/aromatic N) is 8. The van der Waals surface area contributed by atoms with Crippen molar-refractivity contribution in [2.24, 2.45) is 0 Å². The molecular formula is C58H40N8. The van der Waals surface area contributed by atoms with E-state index in [0.29, 0.717) is 40.8 Å². The van der Waals surface area contributed by atoms with E-state index in [1.54, 1.807) is 0 Å². The first-order valence-electron chi connectivity index (χ1n) is 21.9. The minimum absolute atomic E-state index is 0.537. The van der Waals surface area contributed by atoms with E-state index >= 15 is 0 Å². The van der Waals surface area contributed by atoms with Gasteiger partial charge in [-0.15, -0.1) is 0 Å². The Hall–Kier alpha value is -8.88. The van der Waals surface area contributed by atoms with Crippen molar-refractivity contribution in [3.63, 3.8) is 0 Å². The molecule has 11 aromatic rings. The highest BCUT2D eigenvalue weighted by Crippen LogP contribution is 2.45. The maximum Gasteiger partial charge on any atom is 0.164 e. The molecule has 0 aliphatic carbocycles. The summed E-state index contributed by atoms with van der Waals surface area (Å²) in [5, 5.41) is 2.17. The Morgan fingerprint density at radius 3 is 1.17 bits per heavy atom. The van der Waals surface area contributed by atoms with Crippen molar-refractivity contribution in [2.45, 2.75) is 13.8 Å². The summed E-state index contributed by atoms with van der Waals surface area (Å²) in [6, 6.07) is 69.7. The molecule has 8 heteroatoms. The number of hydrogen-bond acceptors (Lipinski definition) is 8. The Morgan fingerprint density at radius 2 is 0.591 bits per heavy atom. The van der Waals surface area contributed by atoms with Crippen LogP contribution in [-0.2, 0) is 0 Å². The van der Waals surface area contributed by atoms with Crippen LogP contribution >= 0.6 is 0 Å². The van der Waals surface area contributed by atoms with Crippen LogP contribution in [0.25, 0.3) is 113 Å². The van der Waals surface area contributed by atoms with E-state index in [-0.39, 0.29) is 0 Å². The third kappa shape index (κ3) is 7.77. The minimum Gasteiger partial charge on any atom is -0.233 e. The SMILES string of the molecule is Cc1cc(C)nc(-c2cccc(-c3ccccc3-c3nc(-c4ccccc4)nc(-c4ccccc4)n3)c2-c2ccccc2-c2nc(-c3ccccc3)nc(-c3cccc4ccccc34)n2)n1. The van der Waals surface area contributed by atoms with Crippen LogP contribution in [0, 0.1) is 13.8 Å². The Morgan fingerprint density at radius 1 is 0.242 bits per heavy atom. The summed E-state index contributed by atoms with van der Waals surface area (Å²) in [5.41, 5.74) is 11.6. The molecule has 0 amide bonds. The summed E-state index contributed by atoms with van der Waals surface area (Å²) in [5.74, 6) is 4.04. The van der Waals surface area contributed by atoms with Gasteiger partial charge in [0.2, 0.25) is 0 Å². The lowest BCUT2D eigenvalue weighted by Gasteiger charge is -2.20. The summed E-state index contributed by atoms with van der Waals surface area (Å²) in [6.45, 7) is 4.01. The minimum atomic E-state index is 0.537. The van der Waals surface area contributed by atoms with Crippen molar-refractivity contribution >= 4 is 10.8 Å². The van der Waals surface area contributed by atoms with E-state index in [1.807, 2.05) is 123 Å². The second kappa shape index (κ2) is 17.4. The second-order valence-corrected chi connectivity index (χ2v) is 16.0. The predicted molar refractivity (Wildman–Crippen MR) is 265 cm³/mol. The lowest BCUT2D eigenvalue weighted by Crippen LogP contribution is -2.03. The molecule has 0 saturated heterocycles. The van der Waals surface area contributed by atoms with Crippen LogP contribution in [0.3, 0.4) is 0 Å². The molecule has 0 radical (unpaired) electrons. The third-order valence-corrected chi connectivity index (χ3v) is 11.6.